The van der Waals surface area contributed by atoms with E-state index in [-0.39, 0.29) is 24.2 Å². The molecule has 0 bridgehead atoms. The molecule has 6 nitrogen and oxygen atoms in total. The molecule has 0 radical (unpaired) electrons. The molecule has 1 amide bonds. The Bertz CT molecular complexity index is 1430. The van der Waals surface area contributed by atoms with Gasteiger partial charge in [-0.1, -0.05) is 18.2 Å². The van der Waals surface area contributed by atoms with Gasteiger partial charge < -0.3 is 19.4 Å². The Labute approximate surface area is 193 Å². The highest BCUT2D eigenvalue weighted by atomic mass is 19.1. The van der Waals surface area contributed by atoms with E-state index in [0.717, 1.165) is 11.5 Å². The van der Waals surface area contributed by atoms with Gasteiger partial charge in [0, 0.05) is 29.1 Å². The molecule has 1 aliphatic heterocycles. The van der Waals surface area contributed by atoms with Crippen LogP contribution < -0.4 is 15.0 Å². The average Bonchev–Trinajstić information content (AvgIpc) is 2.83. The van der Waals surface area contributed by atoms with Crippen molar-refractivity contribution in [1.82, 2.24) is 9.88 Å². The number of aromatic nitrogens is 1. The van der Waals surface area contributed by atoms with E-state index in [1.165, 1.54) is 35.2 Å². The zero-order valence-corrected chi connectivity index (χ0v) is 18.0. The van der Waals surface area contributed by atoms with Crippen molar-refractivity contribution in [2.75, 3.05) is 13.2 Å². The molecule has 5 rings (SSSR count). The van der Waals surface area contributed by atoms with E-state index in [1.54, 1.807) is 30.3 Å². The maximum atomic E-state index is 13.8. The maximum Gasteiger partial charge on any atom is 0.254 e. The second-order valence-corrected chi connectivity index (χ2v) is 8.00. The molecule has 0 spiro atoms. The first-order chi connectivity index (χ1) is 16.5. The minimum atomic E-state index is -0.539. The van der Waals surface area contributed by atoms with Crippen LogP contribution in [0, 0.1) is 11.6 Å². The molecule has 1 N–H and O–H groups in total. The molecule has 2 heterocycles. The lowest BCUT2D eigenvalue weighted by molar-refractivity contribution is 0.0729. The van der Waals surface area contributed by atoms with Crippen molar-refractivity contribution in [3.05, 3.63) is 105 Å². The van der Waals surface area contributed by atoms with E-state index < -0.39 is 17.5 Å². The Morgan fingerprint density at radius 2 is 1.62 bits per heavy atom. The molecule has 0 saturated heterocycles. The van der Waals surface area contributed by atoms with E-state index in [4.69, 9.17) is 9.47 Å². The summed E-state index contributed by atoms with van der Waals surface area (Å²) in [6.45, 7) is 0.935. The third-order valence-corrected chi connectivity index (χ3v) is 5.59. The van der Waals surface area contributed by atoms with Crippen LogP contribution in [0.1, 0.15) is 21.5 Å². The van der Waals surface area contributed by atoms with Crippen LogP contribution in [0.2, 0.25) is 0 Å². The summed E-state index contributed by atoms with van der Waals surface area (Å²) in [6, 6.07) is 16.3. The minimum Gasteiger partial charge on any atom is -0.486 e. The number of nitrogens with one attached hydrogen (secondary N) is 1. The van der Waals surface area contributed by atoms with Crippen molar-refractivity contribution in [1.29, 1.82) is 0 Å². The lowest BCUT2D eigenvalue weighted by atomic mass is 10.1. The zero-order valence-electron chi connectivity index (χ0n) is 18.0. The van der Waals surface area contributed by atoms with Gasteiger partial charge >= 0.3 is 0 Å². The number of aromatic amines is 1. The summed E-state index contributed by atoms with van der Waals surface area (Å²) >= 11 is 0. The largest absolute Gasteiger partial charge is 0.486 e. The van der Waals surface area contributed by atoms with Gasteiger partial charge in [0.1, 0.15) is 24.8 Å². The van der Waals surface area contributed by atoms with E-state index in [9.17, 15) is 18.4 Å². The molecule has 0 atom stereocenters. The molecule has 0 aliphatic carbocycles. The third kappa shape index (κ3) is 4.47. The van der Waals surface area contributed by atoms with Crippen molar-refractivity contribution < 1.29 is 23.0 Å². The van der Waals surface area contributed by atoms with Crippen LogP contribution in [0.4, 0.5) is 8.78 Å². The number of pyridine rings is 1. The van der Waals surface area contributed by atoms with Crippen molar-refractivity contribution in [2.45, 2.75) is 13.1 Å². The van der Waals surface area contributed by atoms with E-state index in [1.807, 2.05) is 0 Å². The molecule has 4 aromatic rings. The van der Waals surface area contributed by atoms with Gasteiger partial charge in [-0.05, 0) is 48.0 Å². The summed E-state index contributed by atoms with van der Waals surface area (Å²) in [7, 11) is 0. The summed E-state index contributed by atoms with van der Waals surface area (Å²) in [5.41, 5.74) is 1.39. The van der Waals surface area contributed by atoms with E-state index in [0.29, 0.717) is 41.4 Å². The standard InChI is InChI=1S/C26H20F2N2O4/c27-20-6-4-16(5-7-20)14-30(26(32)17-2-1-3-21(28)11-17)15-19-10-18-12-23-24(34-9-8-33-23)13-22(18)29-25(19)31/h1-7,10-13H,8-9,14-15H2,(H,29,31). The molecule has 3 aromatic carbocycles. The molecule has 1 aliphatic rings. The minimum absolute atomic E-state index is 0.0353. The highest BCUT2D eigenvalue weighted by Crippen LogP contribution is 2.33. The molecule has 0 saturated carbocycles. The van der Waals surface area contributed by atoms with Gasteiger partial charge in [-0.15, -0.1) is 0 Å². The van der Waals surface area contributed by atoms with Crippen LogP contribution >= 0.6 is 0 Å². The monoisotopic (exact) mass is 462 g/mol. The lowest BCUT2D eigenvalue weighted by Crippen LogP contribution is -2.32. The number of benzene rings is 3. The molecule has 172 valence electrons. The fourth-order valence-electron chi connectivity index (χ4n) is 3.92. The van der Waals surface area contributed by atoms with Crippen LogP contribution in [0.15, 0.2) is 71.5 Å². The van der Waals surface area contributed by atoms with Crippen molar-refractivity contribution in [2.24, 2.45) is 0 Å². The third-order valence-electron chi connectivity index (χ3n) is 5.59. The summed E-state index contributed by atoms with van der Waals surface area (Å²) in [4.78, 5) is 30.4. The average molecular weight is 462 g/mol. The first-order valence-electron chi connectivity index (χ1n) is 10.7. The first-order valence-corrected chi connectivity index (χ1v) is 10.7. The molecular formula is C26H20F2N2O4. The van der Waals surface area contributed by atoms with Gasteiger partial charge in [-0.2, -0.15) is 0 Å². The Kier molecular flexibility index (Phi) is 5.71. The number of carbonyl (C=O) groups is 1. The topological polar surface area (TPSA) is 71.6 Å². The van der Waals surface area contributed by atoms with Crippen LogP contribution in [0.25, 0.3) is 10.9 Å². The molecule has 1 aromatic heterocycles. The number of halogens is 2. The van der Waals surface area contributed by atoms with Crippen LogP contribution in [0.5, 0.6) is 11.5 Å². The molecule has 8 heteroatoms. The van der Waals surface area contributed by atoms with Gasteiger partial charge in [0.2, 0.25) is 0 Å². The highest BCUT2D eigenvalue weighted by molar-refractivity contribution is 5.94. The summed E-state index contributed by atoms with van der Waals surface area (Å²) < 4.78 is 38.4. The second-order valence-electron chi connectivity index (χ2n) is 8.00. The lowest BCUT2D eigenvalue weighted by Gasteiger charge is -2.23. The van der Waals surface area contributed by atoms with Crippen LogP contribution in [0.3, 0.4) is 0 Å². The number of rotatable bonds is 5. The number of ether oxygens (including phenoxy) is 2. The van der Waals surface area contributed by atoms with Crippen LogP contribution in [-0.2, 0) is 13.1 Å². The second kappa shape index (κ2) is 8.97. The SMILES string of the molecule is O=C(c1cccc(F)c1)N(Cc1ccc(F)cc1)Cc1cc2cc3c(cc2[nH]c1=O)OCCO3. The number of H-pyrrole nitrogens is 1. The van der Waals surface area contributed by atoms with Crippen molar-refractivity contribution in [3.63, 3.8) is 0 Å². The van der Waals surface area contributed by atoms with E-state index in [2.05, 4.69) is 4.98 Å². The fraction of sp³-hybridized carbons (Fsp3) is 0.154. The van der Waals surface area contributed by atoms with Gasteiger partial charge in [-0.3, -0.25) is 9.59 Å². The zero-order chi connectivity index (χ0) is 23.7. The summed E-state index contributed by atoms with van der Waals surface area (Å²) in [5, 5.41) is 0.721. The Balaban J connectivity index is 1.51. The first kappa shape index (κ1) is 21.6. The van der Waals surface area contributed by atoms with E-state index >= 15 is 0 Å². The fourth-order valence-corrected chi connectivity index (χ4v) is 3.92. The number of nitrogens with zero attached hydrogens (tertiary/aromatic N) is 1. The number of hydrogen-bond acceptors (Lipinski definition) is 4. The van der Waals surface area contributed by atoms with Crippen molar-refractivity contribution in [3.8, 4) is 11.5 Å². The molecule has 34 heavy (non-hydrogen) atoms. The summed E-state index contributed by atoms with van der Waals surface area (Å²) in [5.74, 6) is -0.252. The number of carbonyl (C=O) groups excluding carboxylic acids is 1. The van der Waals surface area contributed by atoms with Crippen molar-refractivity contribution >= 4 is 16.8 Å². The Morgan fingerprint density at radius 3 is 2.35 bits per heavy atom. The summed E-state index contributed by atoms with van der Waals surface area (Å²) in [6.07, 6.45) is 0. The Morgan fingerprint density at radius 1 is 0.882 bits per heavy atom. The maximum absolute atomic E-state index is 13.8. The number of amides is 1. The highest BCUT2D eigenvalue weighted by Gasteiger charge is 2.20. The molecule has 0 fully saturated rings. The number of fused-ring (bicyclic) bond motifs is 2. The predicted octanol–water partition coefficient (Wildman–Crippen LogP) is 4.42. The van der Waals surface area contributed by atoms with Gasteiger partial charge in [0.25, 0.3) is 11.5 Å². The van der Waals surface area contributed by atoms with Gasteiger partial charge in [0.05, 0.1) is 12.1 Å². The molecular weight excluding hydrogens is 442 g/mol. The molecule has 0 unspecified atom stereocenters. The van der Waals surface area contributed by atoms with Gasteiger partial charge in [0.15, 0.2) is 11.5 Å². The van der Waals surface area contributed by atoms with Gasteiger partial charge in [-0.25, -0.2) is 8.78 Å². The Hall–Kier alpha value is -4.20. The normalized spacial score (nSPS) is 12.5. The predicted molar refractivity (Wildman–Crippen MR) is 122 cm³/mol. The smallest absolute Gasteiger partial charge is 0.254 e. The van der Waals surface area contributed by atoms with Crippen LogP contribution in [-0.4, -0.2) is 29.0 Å². The number of hydrogen-bond donors (Lipinski definition) is 1. The quantitative estimate of drug-likeness (QED) is 0.477.